The standard InChI is InChI=1S/C14H16N2O2S/c1-10(17)13-8-15-14(19-13)16(2)9-11-6-4-5-7-12(11)18-3/h4-8H,9H2,1-3H3. The second kappa shape index (κ2) is 5.84. The zero-order valence-electron chi connectivity index (χ0n) is 11.2. The predicted molar refractivity (Wildman–Crippen MR) is 77.2 cm³/mol. The molecular formula is C14H16N2O2S. The van der Waals surface area contributed by atoms with Crippen molar-refractivity contribution in [3.8, 4) is 5.75 Å². The van der Waals surface area contributed by atoms with Crippen molar-refractivity contribution in [2.45, 2.75) is 13.5 Å². The van der Waals surface area contributed by atoms with Gasteiger partial charge in [-0.3, -0.25) is 4.79 Å². The molecule has 0 fully saturated rings. The molecule has 0 saturated heterocycles. The van der Waals surface area contributed by atoms with Gasteiger partial charge in [0.25, 0.3) is 0 Å². The summed E-state index contributed by atoms with van der Waals surface area (Å²) in [7, 11) is 3.62. The number of ether oxygens (including phenoxy) is 1. The monoisotopic (exact) mass is 276 g/mol. The fourth-order valence-corrected chi connectivity index (χ4v) is 2.53. The number of hydrogen-bond donors (Lipinski definition) is 0. The number of methoxy groups -OCH3 is 1. The molecule has 100 valence electrons. The van der Waals surface area contributed by atoms with Gasteiger partial charge in [-0.25, -0.2) is 4.98 Å². The van der Waals surface area contributed by atoms with Crippen LogP contribution in [-0.4, -0.2) is 24.9 Å². The zero-order chi connectivity index (χ0) is 13.8. The molecule has 0 aliphatic rings. The quantitative estimate of drug-likeness (QED) is 0.787. The average Bonchev–Trinajstić information content (AvgIpc) is 2.89. The molecule has 0 radical (unpaired) electrons. The Morgan fingerprint density at radius 1 is 1.42 bits per heavy atom. The van der Waals surface area contributed by atoms with Gasteiger partial charge in [0.1, 0.15) is 5.75 Å². The molecule has 0 aliphatic heterocycles. The molecule has 2 aromatic rings. The van der Waals surface area contributed by atoms with Crippen LogP contribution in [0, 0.1) is 0 Å². The van der Waals surface area contributed by atoms with E-state index in [1.165, 1.54) is 11.3 Å². The number of benzene rings is 1. The fourth-order valence-electron chi connectivity index (χ4n) is 1.76. The highest BCUT2D eigenvalue weighted by molar-refractivity contribution is 7.17. The van der Waals surface area contributed by atoms with Crippen molar-refractivity contribution < 1.29 is 9.53 Å². The van der Waals surface area contributed by atoms with Gasteiger partial charge in [0, 0.05) is 26.1 Å². The van der Waals surface area contributed by atoms with Gasteiger partial charge in [0.05, 0.1) is 18.2 Å². The first-order valence-corrected chi connectivity index (χ1v) is 6.73. The summed E-state index contributed by atoms with van der Waals surface area (Å²) < 4.78 is 5.33. The summed E-state index contributed by atoms with van der Waals surface area (Å²) in [6.45, 7) is 2.24. The lowest BCUT2D eigenvalue weighted by Gasteiger charge is -2.17. The summed E-state index contributed by atoms with van der Waals surface area (Å²) in [4.78, 5) is 18.2. The zero-order valence-corrected chi connectivity index (χ0v) is 12.0. The molecule has 0 saturated carbocycles. The summed E-state index contributed by atoms with van der Waals surface area (Å²) in [6.07, 6.45) is 1.63. The van der Waals surface area contributed by atoms with Crippen molar-refractivity contribution in [2.75, 3.05) is 19.1 Å². The smallest absolute Gasteiger partial charge is 0.185 e. The minimum atomic E-state index is 0.0504. The Morgan fingerprint density at radius 2 is 2.16 bits per heavy atom. The summed E-state index contributed by atoms with van der Waals surface area (Å²) in [5, 5.41) is 0.830. The molecule has 19 heavy (non-hydrogen) atoms. The van der Waals surface area contributed by atoms with E-state index in [9.17, 15) is 4.79 Å². The van der Waals surface area contributed by atoms with Crippen molar-refractivity contribution in [3.63, 3.8) is 0 Å². The highest BCUT2D eigenvalue weighted by Crippen LogP contribution is 2.25. The molecule has 0 bridgehead atoms. The molecule has 0 unspecified atom stereocenters. The lowest BCUT2D eigenvalue weighted by molar-refractivity contribution is 0.102. The number of nitrogens with zero attached hydrogens (tertiary/aromatic N) is 2. The number of hydrogen-bond acceptors (Lipinski definition) is 5. The SMILES string of the molecule is COc1ccccc1CN(C)c1ncc(C(C)=O)s1. The average molecular weight is 276 g/mol. The molecule has 2 rings (SSSR count). The second-order valence-corrected chi connectivity index (χ2v) is 5.24. The van der Waals surface area contributed by atoms with E-state index in [1.54, 1.807) is 20.2 Å². The maximum absolute atomic E-state index is 11.3. The van der Waals surface area contributed by atoms with Gasteiger partial charge >= 0.3 is 0 Å². The molecular weight excluding hydrogens is 260 g/mol. The van der Waals surface area contributed by atoms with Crippen molar-refractivity contribution >= 4 is 22.3 Å². The summed E-state index contributed by atoms with van der Waals surface area (Å²) >= 11 is 1.41. The maximum Gasteiger partial charge on any atom is 0.185 e. The number of thiazole rings is 1. The molecule has 1 heterocycles. The summed E-state index contributed by atoms with van der Waals surface area (Å²) in [6, 6.07) is 7.88. The van der Waals surface area contributed by atoms with E-state index in [0.717, 1.165) is 16.4 Å². The molecule has 1 aromatic heterocycles. The van der Waals surface area contributed by atoms with E-state index in [1.807, 2.05) is 36.2 Å². The van der Waals surface area contributed by atoms with E-state index in [2.05, 4.69) is 4.98 Å². The highest BCUT2D eigenvalue weighted by Gasteiger charge is 2.11. The lowest BCUT2D eigenvalue weighted by atomic mass is 10.2. The Balaban J connectivity index is 2.15. The van der Waals surface area contributed by atoms with Crippen LogP contribution in [0.3, 0.4) is 0 Å². The topological polar surface area (TPSA) is 42.4 Å². The Morgan fingerprint density at radius 3 is 2.79 bits per heavy atom. The van der Waals surface area contributed by atoms with Gasteiger partial charge in [0.15, 0.2) is 10.9 Å². The van der Waals surface area contributed by atoms with Gasteiger partial charge in [-0.05, 0) is 6.07 Å². The lowest BCUT2D eigenvalue weighted by Crippen LogP contribution is -2.16. The van der Waals surface area contributed by atoms with E-state index in [0.29, 0.717) is 11.4 Å². The third kappa shape index (κ3) is 3.12. The summed E-state index contributed by atoms with van der Waals surface area (Å²) in [5.74, 6) is 0.909. The van der Waals surface area contributed by atoms with Gasteiger partial charge in [-0.15, -0.1) is 0 Å². The Kier molecular flexibility index (Phi) is 4.16. The third-order valence-corrected chi connectivity index (χ3v) is 3.98. The van der Waals surface area contributed by atoms with Crippen LogP contribution in [0.2, 0.25) is 0 Å². The van der Waals surface area contributed by atoms with Crippen LogP contribution in [0.5, 0.6) is 5.75 Å². The predicted octanol–water partition coefficient (Wildman–Crippen LogP) is 2.99. The Labute approximate surface area is 116 Å². The number of anilines is 1. The maximum atomic E-state index is 11.3. The Bertz CT molecular complexity index is 580. The summed E-state index contributed by atoms with van der Waals surface area (Å²) in [5.41, 5.74) is 1.09. The van der Waals surface area contributed by atoms with Crippen LogP contribution in [0.4, 0.5) is 5.13 Å². The number of carbonyl (C=O) groups is 1. The second-order valence-electron chi connectivity index (χ2n) is 4.23. The van der Waals surface area contributed by atoms with Gasteiger partial charge in [-0.1, -0.05) is 29.5 Å². The number of para-hydroxylation sites is 1. The molecule has 0 aliphatic carbocycles. The third-order valence-electron chi connectivity index (χ3n) is 2.77. The molecule has 4 nitrogen and oxygen atoms in total. The molecule has 0 spiro atoms. The minimum Gasteiger partial charge on any atom is -0.496 e. The fraction of sp³-hybridized carbons (Fsp3) is 0.286. The number of carbonyl (C=O) groups excluding carboxylic acids is 1. The molecule has 0 amide bonds. The van der Waals surface area contributed by atoms with Gasteiger partial charge in [0.2, 0.25) is 0 Å². The molecule has 5 heteroatoms. The van der Waals surface area contributed by atoms with E-state index >= 15 is 0 Å². The van der Waals surface area contributed by atoms with E-state index in [-0.39, 0.29) is 5.78 Å². The van der Waals surface area contributed by atoms with Crippen LogP contribution >= 0.6 is 11.3 Å². The van der Waals surface area contributed by atoms with Crippen molar-refractivity contribution in [1.29, 1.82) is 0 Å². The number of Topliss-reactive ketones (excluding diaryl/α,β-unsaturated/α-hetero) is 1. The van der Waals surface area contributed by atoms with E-state index in [4.69, 9.17) is 4.74 Å². The Hall–Kier alpha value is -1.88. The van der Waals surface area contributed by atoms with Gasteiger partial charge < -0.3 is 9.64 Å². The van der Waals surface area contributed by atoms with Crippen LogP contribution in [0.1, 0.15) is 22.2 Å². The first-order valence-electron chi connectivity index (χ1n) is 5.91. The first-order chi connectivity index (χ1) is 9.11. The number of rotatable bonds is 5. The van der Waals surface area contributed by atoms with Crippen molar-refractivity contribution in [3.05, 3.63) is 40.9 Å². The van der Waals surface area contributed by atoms with Crippen LogP contribution < -0.4 is 9.64 Å². The number of aromatic nitrogens is 1. The van der Waals surface area contributed by atoms with Crippen LogP contribution in [0.25, 0.3) is 0 Å². The van der Waals surface area contributed by atoms with Gasteiger partial charge in [-0.2, -0.15) is 0 Å². The van der Waals surface area contributed by atoms with Crippen molar-refractivity contribution in [1.82, 2.24) is 4.98 Å². The molecule has 1 aromatic carbocycles. The highest BCUT2D eigenvalue weighted by atomic mass is 32.1. The molecule has 0 N–H and O–H groups in total. The largest absolute Gasteiger partial charge is 0.496 e. The van der Waals surface area contributed by atoms with Crippen molar-refractivity contribution in [2.24, 2.45) is 0 Å². The van der Waals surface area contributed by atoms with Crippen LogP contribution in [0.15, 0.2) is 30.5 Å². The normalized spacial score (nSPS) is 10.3. The van der Waals surface area contributed by atoms with Crippen LogP contribution in [-0.2, 0) is 6.54 Å². The van der Waals surface area contributed by atoms with E-state index < -0.39 is 0 Å². The number of ketones is 1. The first kappa shape index (κ1) is 13.5. The minimum absolute atomic E-state index is 0.0504. The molecule has 0 atom stereocenters.